The van der Waals surface area contributed by atoms with Crippen molar-refractivity contribution in [1.82, 2.24) is 0 Å². The van der Waals surface area contributed by atoms with Crippen LogP contribution in [0.3, 0.4) is 0 Å². The first-order valence-electron chi connectivity index (χ1n) is 3.88. The zero-order valence-corrected chi connectivity index (χ0v) is 6.65. The summed E-state index contributed by atoms with van der Waals surface area (Å²) in [6, 6.07) is 0. The summed E-state index contributed by atoms with van der Waals surface area (Å²) in [6.45, 7) is 6.85. The van der Waals surface area contributed by atoms with E-state index in [-0.39, 0.29) is 0 Å². The Morgan fingerprint density at radius 2 is 1.67 bits per heavy atom. The molecule has 1 rings (SSSR count). The Balaban J connectivity index is 2.54. The van der Waals surface area contributed by atoms with Crippen molar-refractivity contribution in [3.8, 4) is 0 Å². The molecule has 0 radical (unpaired) electrons. The van der Waals surface area contributed by atoms with Gasteiger partial charge >= 0.3 is 0 Å². The average molecular weight is 124 g/mol. The minimum absolute atomic E-state index is 0.927. The first-order valence-corrected chi connectivity index (χ1v) is 3.88. The van der Waals surface area contributed by atoms with E-state index >= 15 is 0 Å². The Bertz CT molecular complexity index is 110. The number of hydrogen-bond acceptors (Lipinski definition) is 0. The molecule has 0 N–H and O–H groups in total. The lowest BCUT2D eigenvalue weighted by molar-refractivity contribution is 0.457. The van der Waals surface area contributed by atoms with Crippen LogP contribution in [0.15, 0.2) is 11.6 Å². The van der Waals surface area contributed by atoms with Gasteiger partial charge in [0.05, 0.1) is 0 Å². The van der Waals surface area contributed by atoms with Crippen molar-refractivity contribution < 1.29 is 0 Å². The van der Waals surface area contributed by atoms with Gasteiger partial charge in [0.2, 0.25) is 0 Å². The zero-order valence-electron chi connectivity index (χ0n) is 6.65. The topological polar surface area (TPSA) is 0 Å². The minimum atomic E-state index is 0.927. The van der Waals surface area contributed by atoms with Gasteiger partial charge in [0.25, 0.3) is 0 Å². The van der Waals surface area contributed by atoms with Crippen LogP contribution in [-0.4, -0.2) is 0 Å². The lowest BCUT2D eigenvalue weighted by Crippen LogP contribution is -1.95. The molecule has 1 aliphatic rings. The molecule has 0 aromatic heterocycles. The highest BCUT2D eigenvalue weighted by molar-refractivity contribution is 5.08. The molecule has 2 atom stereocenters. The Morgan fingerprint density at radius 1 is 1.22 bits per heavy atom. The summed E-state index contributed by atoms with van der Waals surface area (Å²) in [6.07, 6.45) is 4.97. The molecule has 0 spiro atoms. The smallest absolute Gasteiger partial charge is 0.0292 e. The van der Waals surface area contributed by atoms with Gasteiger partial charge in [-0.2, -0.15) is 0 Å². The standard InChI is InChI=1S/C9H16/c1-4-9-5-7(2)8(3)6-9/h4,7-8H,5-6H2,1-3H3/t7-,8-/m0/s1. The molecule has 9 heavy (non-hydrogen) atoms. The summed E-state index contributed by atoms with van der Waals surface area (Å²) in [7, 11) is 0. The van der Waals surface area contributed by atoms with Gasteiger partial charge in [-0.05, 0) is 31.6 Å². The molecule has 0 bridgehead atoms. The minimum Gasteiger partial charge on any atom is -0.0884 e. The summed E-state index contributed by atoms with van der Waals surface area (Å²) in [5.74, 6) is 1.85. The van der Waals surface area contributed by atoms with E-state index in [0.29, 0.717) is 0 Å². The quantitative estimate of drug-likeness (QED) is 0.435. The maximum atomic E-state index is 2.35. The highest BCUT2D eigenvalue weighted by Gasteiger charge is 2.21. The molecule has 0 aromatic carbocycles. The van der Waals surface area contributed by atoms with E-state index in [1.165, 1.54) is 12.8 Å². The third-order valence-electron chi connectivity index (χ3n) is 2.55. The molecule has 1 aliphatic carbocycles. The molecule has 0 amide bonds. The van der Waals surface area contributed by atoms with Gasteiger partial charge in [0.1, 0.15) is 0 Å². The molecule has 0 saturated heterocycles. The lowest BCUT2D eigenvalue weighted by atomic mass is 10.0. The molecule has 0 heteroatoms. The van der Waals surface area contributed by atoms with Crippen LogP contribution in [0.25, 0.3) is 0 Å². The lowest BCUT2D eigenvalue weighted by Gasteiger charge is -2.04. The monoisotopic (exact) mass is 124 g/mol. The Hall–Kier alpha value is -0.260. The second kappa shape index (κ2) is 2.55. The van der Waals surface area contributed by atoms with E-state index in [9.17, 15) is 0 Å². The summed E-state index contributed by atoms with van der Waals surface area (Å²) in [5, 5.41) is 0. The predicted octanol–water partition coefficient (Wildman–Crippen LogP) is 3.00. The Kier molecular flexibility index (Phi) is 1.94. The van der Waals surface area contributed by atoms with Gasteiger partial charge in [-0.1, -0.05) is 25.5 Å². The van der Waals surface area contributed by atoms with Gasteiger partial charge in [-0.15, -0.1) is 0 Å². The van der Waals surface area contributed by atoms with Crippen LogP contribution in [-0.2, 0) is 0 Å². The van der Waals surface area contributed by atoms with Crippen LogP contribution in [0.5, 0.6) is 0 Å². The highest BCUT2D eigenvalue weighted by atomic mass is 14.3. The van der Waals surface area contributed by atoms with Crippen LogP contribution < -0.4 is 0 Å². The van der Waals surface area contributed by atoms with E-state index < -0.39 is 0 Å². The van der Waals surface area contributed by atoms with Crippen LogP contribution in [0.2, 0.25) is 0 Å². The van der Waals surface area contributed by atoms with Crippen molar-refractivity contribution in [3.63, 3.8) is 0 Å². The van der Waals surface area contributed by atoms with Crippen molar-refractivity contribution in [2.75, 3.05) is 0 Å². The van der Waals surface area contributed by atoms with Crippen molar-refractivity contribution in [2.45, 2.75) is 33.6 Å². The first-order chi connectivity index (χ1) is 4.24. The fourth-order valence-electron chi connectivity index (χ4n) is 1.55. The summed E-state index contributed by atoms with van der Waals surface area (Å²) < 4.78 is 0. The predicted molar refractivity (Wildman–Crippen MR) is 41.3 cm³/mol. The first kappa shape index (κ1) is 6.85. The molecule has 0 unspecified atom stereocenters. The van der Waals surface area contributed by atoms with Crippen molar-refractivity contribution in [2.24, 2.45) is 11.8 Å². The van der Waals surface area contributed by atoms with Crippen molar-refractivity contribution in [1.29, 1.82) is 0 Å². The van der Waals surface area contributed by atoms with Gasteiger partial charge in [0, 0.05) is 0 Å². The van der Waals surface area contributed by atoms with Crippen LogP contribution in [0, 0.1) is 11.8 Å². The van der Waals surface area contributed by atoms with E-state index in [4.69, 9.17) is 0 Å². The molecule has 0 aliphatic heterocycles. The second-order valence-electron chi connectivity index (χ2n) is 3.31. The molecule has 0 nitrogen and oxygen atoms in total. The second-order valence-corrected chi connectivity index (χ2v) is 3.31. The van der Waals surface area contributed by atoms with Gasteiger partial charge < -0.3 is 0 Å². The number of hydrogen-bond donors (Lipinski definition) is 0. The largest absolute Gasteiger partial charge is 0.0884 e. The molecule has 0 aromatic rings. The average Bonchev–Trinajstić information content (AvgIpc) is 2.13. The van der Waals surface area contributed by atoms with E-state index in [1.54, 1.807) is 5.57 Å². The number of rotatable bonds is 0. The molecule has 0 heterocycles. The van der Waals surface area contributed by atoms with E-state index in [2.05, 4.69) is 26.8 Å². The Morgan fingerprint density at radius 3 is 1.89 bits per heavy atom. The fraction of sp³-hybridized carbons (Fsp3) is 0.778. The maximum absolute atomic E-state index is 2.35. The molecular formula is C9H16. The van der Waals surface area contributed by atoms with Crippen LogP contribution in [0.1, 0.15) is 33.6 Å². The summed E-state index contributed by atoms with van der Waals surface area (Å²) in [4.78, 5) is 0. The van der Waals surface area contributed by atoms with Gasteiger partial charge in [-0.3, -0.25) is 0 Å². The molecular weight excluding hydrogens is 108 g/mol. The Labute approximate surface area is 58.0 Å². The van der Waals surface area contributed by atoms with Crippen molar-refractivity contribution >= 4 is 0 Å². The normalized spacial score (nSPS) is 35.2. The zero-order chi connectivity index (χ0) is 6.85. The highest BCUT2D eigenvalue weighted by Crippen LogP contribution is 2.34. The molecule has 1 saturated carbocycles. The SMILES string of the molecule is CC=C1C[C@H](C)[C@@H](C)C1. The van der Waals surface area contributed by atoms with Crippen molar-refractivity contribution in [3.05, 3.63) is 11.6 Å². The summed E-state index contributed by atoms with van der Waals surface area (Å²) in [5.41, 5.74) is 1.66. The van der Waals surface area contributed by atoms with E-state index in [1.807, 2.05) is 0 Å². The van der Waals surface area contributed by atoms with Crippen LogP contribution >= 0.6 is 0 Å². The molecule has 1 fully saturated rings. The van der Waals surface area contributed by atoms with Gasteiger partial charge in [-0.25, -0.2) is 0 Å². The van der Waals surface area contributed by atoms with Crippen LogP contribution in [0.4, 0.5) is 0 Å². The summed E-state index contributed by atoms with van der Waals surface area (Å²) >= 11 is 0. The third-order valence-corrected chi connectivity index (χ3v) is 2.55. The van der Waals surface area contributed by atoms with E-state index in [0.717, 1.165) is 11.8 Å². The maximum Gasteiger partial charge on any atom is -0.0292 e. The molecule has 52 valence electrons. The van der Waals surface area contributed by atoms with Gasteiger partial charge in [0.15, 0.2) is 0 Å². The number of allylic oxidation sites excluding steroid dienone is 2. The third kappa shape index (κ3) is 1.35. The fourth-order valence-corrected chi connectivity index (χ4v) is 1.55.